The second kappa shape index (κ2) is 5.14. The van der Waals surface area contributed by atoms with Crippen LogP contribution in [0, 0.1) is 0 Å². The number of benzene rings is 1. The molecule has 4 rings (SSSR count). The third-order valence-electron chi connectivity index (χ3n) is 3.41. The lowest BCUT2D eigenvalue weighted by molar-refractivity contribution is 0.921. The highest BCUT2D eigenvalue weighted by Crippen LogP contribution is 2.23. The van der Waals surface area contributed by atoms with Gasteiger partial charge in [-0.15, -0.1) is 26.6 Å². The third kappa shape index (κ3) is 2.23. The number of hydrogen-bond donors (Lipinski definition) is 1. The first-order valence-electron chi connectivity index (χ1n) is 6.77. The van der Waals surface area contributed by atoms with Crippen molar-refractivity contribution in [2.24, 2.45) is 0 Å². The second-order valence-corrected chi connectivity index (χ2v) is 5.78. The minimum absolute atomic E-state index is 0.786. The van der Waals surface area contributed by atoms with Crippen LogP contribution in [-0.4, -0.2) is 26.4 Å². The Hall–Kier alpha value is -2.47. The molecule has 3 aromatic heterocycles. The highest BCUT2D eigenvalue weighted by Gasteiger charge is 2.09. The molecule has 0 radical (unpaired) electrons. The molecular weight excluding hydrogens is 282 g/mol. The lowest BCUT2D eigenvalue weighted by Gasteiger charge is -2.09. The minimum atomic E-state index is 0.786. The predicted molar refractivity (Wildman–Crippen MR) is 84.8 cm³/mol. The summed E-state index contributed by atoms with van der Waals surface area (Å²) in [5, 5.41) is 20.3. The molecule has 3 heterocycles. The van der Waals surface area contributed by atoms with Crippen molar-refractivity contribution in [3.63, 3.8) is 0 Å². The fourth-order valence-corrected chi connectivity index (χ4v) is 3.13. The summed E-state index contributed by atoms with van der Waals surface area (Å²) in [5.41, 5.74) is 0.786. The van der Waals surface area contributed by atoms with Gasteiger partial charge in [0.1, 0.15) is 6.33 Å². The maximum absolute atomic E-state index is 4.57. The summed E-state index contributed by atoms with van der Waals surface area (Å²) in [6.45, 7) is 0.852. The molecule has 0 atom stereocenters. The van der Waals surface area contributed by atoms with Gasteiger partial charge in [-0.1, -0.05) is 30.3 Å². The first kappa shape index (κ1) is 12.3. The zero-order chi connectivity index (χ0) is 14.1. The summed E-state index contributed by atoms with van der Waals surface area (Å²) in [7, 11) is 0. The van der Waals surface area contributed by atoms with Crippen LogP contribution in [0.5, 0.6) is 0 Å². The Kier molecular flexibility index (Phi) is 3.01. The van der Waals surface area contributed by atoms with Crippen LogP contribution in [0.4, 0.5) is 5.82 Å². The van der Waals surface area contributed by atoms with Crippen LogP contribution in [0.15, 0.2) is 48.1 Å². The lowest BCUT2D eigenvalue weighted by atomic mass is 10.2. The molecule has 6 heteroatoms. The Morgan fingerprint density at radius 2 is 2.00 bits per heavy atom. The van der Waals surface area contributed by atoms with Gasteiger partial charge in [-0.2, -0.15) is 4.52 Å². The number of nitrogens with one attached hydrogen (secondary N) is 1. The fourth-order valence-electron chi connectivity index (χ4n) is 2.42. The minimum Gasteiger partial charge on any atom is -0.368 e. The molecule has 0 aliphatic heterocycles. The van der Waals surface area contributed by atoms with Crippen LogP contribution in [-0.2, 0) is 6.42 Å². The molecular formula is C15H13N5S. The molecule has 4 aromatic rings. The van der Waals surface area contributed by atoms with Crippen LogP contribution < -0.4 is 5.32 Å². The van der Waals surface area contributed by atoms with Gasteiger partial charge in [-0.25, -0.2) is 0 Å². The van der Waals surface area contributed by atoms with Crippen molar-refractivity contribution < 1.29 is 0 Å². The Bertz CT molecular complexity index is 882. The number of aromatic nitrogens is 4. The molecule has 21 heavy (non-hydrogen) atoms. The standard InChI is InChI=1S/C15H13N5S/c1-2-6-13-12(5-1)14(19-20-10-17-18-15(13)20)16-8-7-11-4-3-9-21-11/h1-6,9-10H,7-8H2,(H,16,19). The summed E-state index contributed by atoms with van der Waals surface area (Å²) >= 11 is 1.78. The molecule has 104 valence electrons. The van der Waals surface area contributed by atoms with E-state index in [0.717, 1.165) is 35.2 Å². The number of anilines is 1. The van der Waals surface area contributed by atoms with E-state index in [1.54, 1.807) is 22.2 Å². The molecule has 0 amide bonds. The summed E-state index contributed by atoms with van der Waals surface area (Å²) in [6, 6.07) is 12.4. The number of fused-ring (bicyclic) bond motifs is 3. The zero-order valence-electron chi connectivity index (χ0n) is 11.2. The maximum atomic E-state index is 4.57. The van der Waals surface area contributed by atoms with Crippen molar-refractivity contribution >= 4 is 33.6 Å². The topological polar surface area (TPSA) is 55.1 Å². The van der Waals surface area contributed by atoms with E-state index in [2.05, 4.69) is 44.2 Å². The van der Waals surface area contributed by atoms with Gasteiger partial charge in [-0.05, 0) is 17.9 Å². The van der Waals surface area contributed by atoms with Crippen LogP contribution in [0.1, 0.15) is 4.88 Å². The number of hydrogen-bond acceptors (Lipinski definition) is 5. The smallest absolute Gasteiger partial charge is 0.185 e. The van der Waals surface area contributed by atoms with E-state index in [0.29, 0.717) is 0 Å². The second-order valence-electron chi connectivity index (χ2n) is 4.75. The largest absolute Gasteiger partial charge is 0.368 e. The Labute approximate surface area is 125 Å². The number of nitrogens with zero attached hydrogens (tertiary/aromatic N) is 4. The fraction of sp³-hybridized carbons (Fsp3) is 0.133. The molecule has 0 bridgehead atoms. The Morgan fingerprint density at radius 1 is 1.10 bits per heavy atom. The van der Waals surface area contributed by atoms with Crippen LogP contribution in [0.2, 0.25) is 0 Å². The van der Waals surface area contributed by atoms with Crippen molar-refractivity contribution in [3.8, 4) is 0 Å². The van der Waals surface area contributed by atoms with E-state index in [4.69, 9.17) is 0 Å². The average Bonchev–Trinajstić information content (AvgIpc) is 3.18. The van der Waals surface area contributed by atoms with Gasteiger partial charge in [0.15, 0.2) is 11.5 Å². The summed E-state index contributed by atoms with van der Waals surface area (Å²) < 4.78 is 1.72. The van der Waals surface area contributed by atoms with E-state index in [1.165, 1.54) is 4.88 Å². The van der Waals surface area contributed by atoms with Crippen LogP contribution in [0.25, 0.3) is 16.4 Å². The Morgan fingerprint density at radius 3 is 2.86 bits per heavy atom. The van der Waals surface area contributed by atoms with Gasteiger partial charge in [0.05, 0.1) is 0 Å². The highest BCUT2D eigenvalue weighted by molar-refractivity contribution is 7.09. The Balaban J connectivity index is 1.69. The highest BCUT2D eigenvalue weighted by atomic mass is 32.1. The normalized spacial score (nSPS) is 11.2. The van der Waals surface area contributed by atoms with Crippen molar-refractivity contribution in [2.75, 3.05) is 11.9 Å². The molecule has 0 aliphatic carbocycles. The lowest BCUT2D eigenvalue weighted by Crippen LogP contribution is -2.08. The molecule has 0 spiro atoms. The first-order valence-corrected chi connectivity index (χ1v) is 7.65. The average molecular weight is 295 g/mol. The van der Waals surface area contributed by atoms with Crippen molar-refractivity contribution in [3.05, 3.63) is 53.0 Å². The molecule has 0 saturated carbocycles. The molecule has 0 fully saturated rings. The summed E-state index contributed by atoms with van der Waals surface area (Å²) in [5.74, 6) is 0.870. The quantitative estimate of drug-likeness (QED) is 0.629. The zero-order valence-corrected chi connectivity index (χ0v) is 12.0. The van der Waals surface area contributed by atoms with Crippen molar-refractivity contribution in [2.45, 2.75) is 6.42 Å². The van der Waals surface area contributed by atoms with Gasteiger partial charge in [-0.3, -0.25) is 0 Å². The first-order chi connectivity index (χ1) is 10.4. The van der Waals surface area contributed by atoms with E-state index >= 15 is 0 Å². The third-order valence-corrected chi connectivity index (χ3v) is 4.34. The summed E-state index contributed by atoms with van der Waals surface area (Å²) in [6.07, 6.45) is 2.63. The molecule has 1 N–H and O–H groups in total. The van der Waals surface area contributed by atoms with E-state index in [1.807, 2.05) is 18.2 Å². The van der Waals surface area contributed by atoms with Crippen molar-refractivity contribution in [1.82, 2.24) is 19.8 Å². The number of rotatable bonds is 4. The maximum Gasteiger partial charge on any atom is 0.185 e. The van der Waals surface area contributed by atoms with E-state index in [9.17, 15) is 0 Å². The molecule has 0 unspecified atom stereocenters. The molecule has 0 aliphatic rings. The van der Waals surface area contributed by atoms with Gasteiger partial charge in [0, 0.05) is 22.2 Å². The SMILES string of the molecule is c1csc(CCNc2nn3cnnc3c3ccccc23)c1. The van der Waals surface area contributed by atoms with Gasteiger partial charge in [0.25, 0.3) is 0 Å². The van der Waals surface area contributed by atoms with Gasteiger partial charge in [0.2, 0.25) is 0 Å². The molecule has 1 aromatic carbocycles. The summed E-state index contributed by atoms with van der Waals surface area (Å²) in [4.78, 5) is 1.37. The van der Waals surface area contributed by atoms with E-state index in [-0.39, 0.29) is 0 Å². The van der Waals surface area contributed by atoms with Gasteiger partial charge < -0.3 is 5.32 Å². The van der Waals surface area contributed by atoms with Crippen LogP contribution in [0.3, 0.4) is 0 Å². The van der Waals surface area contributed by atoms with Gasteiger partial charge >= 0.3 is 0 Å². The predicted octanol–water partition coefficient (Wildman–Crippen LogP) is 2.99. The molecule has 5 nitrogen and oxygen atoms in total. The van der Waals surface area contributed by atoms with Crippen LogP contribution >= 0.6 is 11.3 Å². The monoisotopic (exact) mass is 295 g/mol. The number of thiophene rings is 1. The molecule has 0 saturated heterocycles. The van der Waals surface area contributed by atoms with E-state index < -0.39 is 0 Å². The van der Waals surface area contributed by atoms with Crippen molar-refractivity contribution in [1.29, 1.82) is 0 Å².